The SMILES string of the molecule is Cc1cc(OCC(=O)Nc2ccc(Br)cc2)nc(N2CCC(C)CC2)n1. The first-order chi connectivity index (χ1) is 12.5. The lowest BCUT2D eigenvalue weighted by Gasteiger charge is -2.30. The summed E-state index contributed by atoms with van der Waals surface area (Å²) in [5.41, 5.74) is 1.56. The van der Waals surface area contributed by atoms with E-state index in [0.29, 0.717) is 11.8 Å². The molecule has 7 heteroatoms. The van der Waals surface area contributed by atoms with Crippen molar-refractivity contribution in [3.05, 3.63) is 40.5 Å². The van der Waals surface area contributed by atoms with Crippen LogP contribution >= 0.6 is 15.9 Å². The molecule has 3 rings (SSSR count). The first kappa shape index (κ1) is 18.6. The van der Waals surface area contributed by atoms with Crippen molar-refractivity contribution in [3.8, 4) is 5.88 Å². The molecule has 2 aromatic rings. The van der Waals surface area contributed by atoms with Gasteiger partial charge >= 0.3 is 0 Å². The van der Waals surface area contributed by atoms with Gasteiger partial charge in [-0.2, -0.15) is 4.98 Å². The molecule has 0 unspecified atom stereocenters. The monoisotopic (exact) mass is 418 g/mol. The van der Waals surface area contributed by atoms with Gasteiger partial charge in [-0.15, -0.1) is 0 Å². The fraction of sp³-hybridized carbons (Fsp3) is 0.421. The average Bonchev–Trinajstić information content (AvgIpc) is 2.62. The second-order valence-corrected chi connectivity index (χ2v) is 7.58. The van der Waals surface area contributed by atoms with Crippen LogP contribution in [0.15, 0.2) is 34.8 Å². The van der Waals surface area contributed by atoms with Crippen LogP contribution in [0.25, 0.3) is 0 Å². The second-order valence-electron chi connectivity index (χ2n) is 6.66. The summed E-state index contributed by atoms with van der Waals surface area (Å²) in [5.74, 6) is 1.63. The summed E-state index contributed by atoms with van der Waals surface area (Å²) in [7, 11) is 0. The van der Waals surface area contributed by atoms with Gasteiger partial charge in [0.15, 0.2) is 6.61 Å². The Balaban J connectivity index is 1.59. The van der Waals surface area contributed by atoms with Gasteiger partial charge in [-0.05, 0) is 49.9 Å². The van der Waals surface area contributed by atoms with Gasteiger partial charge in [0.05, 0.1) is 0 Å². The minimum atomic E-state index is -0.225. The molecule has 0 bridgehead atoms. The van der Waals surface area contributed by atoms with E-state index in [1.54, 1.807) is 6.07 Å². The van der Waals surface area contributed by atoms with Gasteiger partial charge in [0, 0.05) is 35.0 Å². The zero-order valence-corrected chi connectivity index (χ0v) is 16.6. The average molecular weight is 419 g/mol. The Morgan fingerprint density at radius 1 is 1.27 bits per heavy atom. The minimum Gasteiger partial charge on any atom is -0.467 e. The number of ether oxygens (including phenoxy) is 1. The maximum Gasteiger partial charge on any atom is 0.262 e. The van der Waals surface area contributed by atoms with E-state index < -0.39 is 0 Å². The van der Waals surface area contributed by atoms with Gasteiger partial charge in [0.25, 0.3) is 5.91 Å². The summed E-state index contributed by atoms with van der Waals surface area (Å²) in [5, 5.41) is 2.80. The number of aromatic nitrogens is 2. The van der Waals surface area contributed by atoms with Crippen molar-refractivity contribution >= 4 is 33.5 Å². The van der Waals surface area contributed by atoms with E-state index in [4.69, 9.17) is 4.74 Å². The third kappa shape index (κ3) is 5.17. The van der Waals surface area contributed by atoms with E-state index in [2.05, 4.69) is 43.0 Å². The van der Waals surface area contributed by atoms with Crippen molar-refractivity contribution in [2.24, 2.45) is 5.92 Å². The Morgan fingerprint density at radius 3 is 2.65 bits per heavy atom. The lowest BCUT2D eigenvalue weighted by atomic mass is 10.00. The summed E-state index contributed by atoms with van der Waals surface area (Å²) >= 11 is 3.37. The molecule has 1 N–H and O–H groups in total. The van der Waals surface area contributed by atoms with Crippen molar-refractivity contribution in [2.45, 2.75) is 26.7 Å². The molecule has 1 aromatic carbocycles. The molecule has 138 valence electrons. The van der Waals surface area contributed by atoms with E-state index in [-0.39, 0.29) is 12.5 Å². The summed E-state index contributed by atoms with van der Waals surface area (Å²) in [6, 6.07) is 9.15. The number of aryl methyl sites for hydroxylation is 1. The molecule has 2 heterocycles. The Labute approximate surface area is 162 Å². The van der Waals surface area contributed by atoms with Crippen LogP contribution in [0.5, 0.6) is 5.88 Å². The highest BCUT2D eigenvalue weighted by molar-refractivity contribution is 9.10. The van der Waals surface area contributed by atoms with E-state index in [0.717, 1.165) is 47.7 Å². The van der Waals surface area contributed by atoms with Crippen LogP contribution < -0.4 is 15.0 Å². The molecule has 1 aliphatic heterocycles. The topological polar surface area (TPSA) is 67.3 Å². The van der Waals surface area contributed by atoms with Crippen LogP contribution in [-0.4, -0.2) is 35.6 Å². The van der Waals surface area contributed by atoms with E-state index >= 15 is 0 Å². The number of piperidine rings is 1. The minimum absolute atomic E-state index is 0.0943. The summed E-state index contributed by atoms with van der Waals surface area (Å²) in [4.78, 5) is 23.3. The lowest BCUT2D eigenvalue weighted by molar-refractivity contribution is -0.118. The Kier molecular flexibility index (Phi) is 6.08. The van der Waals surface area contributed by atoms with Gasteiger partial charge in [-0.3, -0.25) is 4.79 Å². The van der Waals surface area contributed by atoms with Crippen molar-refractivity contribution < 1.29 is 9.53 Å². The number of hydrogen-bond acceptors (Lipinski definition) is 5. The highest BCUT2D eigenvalue weighted by Crippen LogP contribution is 2.22. The fourth-order valence-electron chi connectivity index (χ4n) is 2.82. The van der Waals surface area contributed by atoms with Crippen LogP contribution in [0.4, 0.5) is 11.6 Å². The van der Waals surface area contributed by atoms with Gasteiger partial charge in [0.1, 0.15) is 0 Å². The molecule has 1 saturated heterocycles. The Hall–Kier alpha value is -2.15. The molecule has 1 fully saturated rings. The molecular formula is C19H23BrN4O2. The molecule has 0 aliphatic carbocycles. The Morgan fingerprint density at radius 2 is 1.96 bits per heavy atom. The standard InChI is InChI=1S/C19H23BrN4O2/c1-13-7-9-24(10-8-13)19-21-14(2)11-18(23-19)26-12-17(25)22-16-5-3-15(20)4-6-16/h3-6,11,13H,7-10,12H2,1-2H3,(H,22,25). The Bertz CT molecular complexity index is 759. The predicted octanol–water partition coefficient (Wildman–Crippen LogP) is 3.80. The van der Waals surface area contributed by atoms with Gasteiger partial charge < -0.3 is 15.0 Å². The van der Waals surface area contributed by atoms with Crippen molar-refractivity contribution in [2.75, 3.05) is 29.9 Å². The normalized spacial score (nSPS) is 15.0. The highest BCUT2D eigenvalue weighted by atomic mass is 79.9. The number of hydrogen-bond donors (Lipinski definition) is 1. The number of carbonyl (C=O) groups excluding carboxylic acids is 1. The van der Waals surface area contributed by atoms with Crippen molar-refractivity contribution in [1.29, 1.82) is 0 Å². The molecule has 1 amide bonds. The fourth-order valence-corrected chi connectivity index (χ4v) is 3.08. The predicted molar refractivity (Wildman–Crippen MR) is 106 cm³/mol. The number of nitrogens with one attached hydrogen (secondary N) is 1. The molecule has 26 heavy (non-hydrogen) atoms. The molecule has 0 atom stereocenters. The molecule has 1 aromatic heterocycles. The number of carbonyl (C=O) groups is 1. The van der Waals surface area contributed by atoms with Crippen molar-refractivity contribution in [3.63, 3.8) is 0 Å². The number of amides is 1. The van der Waals surface area contributed by atoms with Crippen LogP contribution in [-0.2, 0) is 4.79 Å². The zero-order chi connectivity index (χ0) is 18.5. The van der Waals surface area contributed by atoms with Crippen molar-refractivity contribution in [1.82, 2.24) is 9.97 Å². The molecule has 0 saturated carbocycles. The van der Waals surface area contributed by atoms with Gasteiger partial charge in [-0.1, -0.05) is 22.9 Å². The number of benzene rings is 1. The highest BCUT2D eigenvalue weighted by Gasteiger charge is 2.19. The van der Waals surface area contributed by atoms with E-state index in [9.17, 15) is 4.79 Å². The summed E-state index contributed by atoms with van der Waals surface area (Å²) < 4.78 is 6.56. The molecule has 0 radical (unpaired) electrons. The second kappa shape index (κ2) is 8.49. The van der Waals surface area contributed by atoms with Crippen LogP contribution in [0.3, 0.4) is 0 Å². The largest absolute Gasteiger partial charge is 0.467 e. The van der Waals surface area contributed by atoms with Gasteiger partial charge in [-0.25, -0.2) is 4.98 Å². The maximum atomic E-state index is 12.1. The van der Waals surface area contributed by atoms with Crippen LogP contribution in [0.2, 0.25) is 0 Å². The molecule has 0 spiro atoms. The van der Waals surface area contributed by atoms with Gasteiger partial charge in [0.2, 0.25) is 11.8 Å². The maximum absolute atomic E-state index is 12.1. The number of rotatable bonds is 5. The zero-order valence-electron chi connectivity index (χ0n) is 15.0. The third-order valence-corrected chi connectivity index (χ3v) is 4.89. The lowest BCUT2D eigenvalue weighted by Crippen LogP contribution is -2.34. The summed E-state index contributed by atoms with van der Waals surface area (Å²) in [6.07, 6.45) is 2.28. The molecule has 6 nitrogen and oxygen atoms in total. The quantitative estimate of drug-likeness (QED) is 0.799. The number of anilines is 2. The smallest absolute Gasteiger partial charge is 0.262 e. The summed E-state index contributed by atoms with van der Waals surface area (Å²) in [6.45, 7) is 5.99. The van der Waals surface area contributed by atoms with E-state index in [1.165, 1.54) is 0 Å². The number of halogens is 1. The van der Waals surface area contributed by atoms with Crippen LogP contribution in [0, 0.1) is 12.8 Å². The van der Waals surface area contributed by atoms with Crippen LogP contribution in [0.1, 0.15) is 25.5 Å². The first-order valence-corrected chi connectivity index (χ1v) is 9.58. The molecular weight excluding hydrogens is 396 g/mol. The number of nitrogens with zero attached hydrogens (tertiary/aromatic N) is 3. The third-order valence-electron chi connectivity index (χ3n) is 4.36. The molecule has 1 aliphatic rings. The first-order valence-electron chi connectivity index (χ1n) is 8.78. The van der Waals surface area contributed by atoms with E-state index in [1.807, 2.05) is 31.2 Å².